The van der Waals surface area contributed by atoms with Crippen molar-refractivity contribution in [1.82, 2.24) is 0 Å². The molecule has 4 atom stereocenters. The van der Waals surface area contributed by atoms with Gasteiger partial charge in [-0.1, -0.05) is 47.0 Å². The van der Waals surface area contributed by atoms with Crippen molar-refractivity contribution in [2.24, 2.45) is 23.7 Å². The first-order chi connectivity index (χ1) is 5.70. The predicted molar refractivity (Wildman–Crippen MR) is 55.1 cm³/mol. The third kappa shape index (κ3) is 2.24. The molecular weight excluding hydrogens is 144 g/mol. The van der Waals surface area contributed by atoms with E-state index in [-0.39, 0.29) is 0 Å². The lowest BCUT2D eigenvalue weighted by Gasteiger charge is -2.18. The highest BCUT2D eigenvalue weighted by Gasteiger charge is 2.40. The average molecular weight is 168 g/mol. The first kappa shape index (κ1) is 10.1. The molecule has 72 valence electrons. The minimum absolute atomic E-state index is 0.942. The standard InChI is InChI=1S/C12H24/c1-5-7-11-8-12(11)10(4)9(3)6-2/h9-12H,5-8H2,1-4H3. The van der Waals surface area contributed by atoms with Gasteiger partial charge in [-0.05, 0) is 30.1 Å². The highest BCUT2D eigenvalue weighted by molar-refractivity contribution is 4.90. The second-order valence-corrected chi connectivity index (χ2v) is 4.69. The third-order valence-electron chi connectivity index (χ3n) is 3.85. The van der Waals surface area contributed by atoms with E-state index in [0.717, 1.165) is 23.7 Å². The van der Waals surface area contributed by atoms with Gasteiger partial charge in [-0.25, -0.2) is 0 Å². The van der Waals surface area contributed by atoms with Crippen molar-refractivity contribution in [3.63, 3.8) is 0 Å². The Morgan fingerprint density at radius 2 is 1.92 bits per heavy atom. The molecule has 12 heavy (non-hydrogen) atoms. The van der Waals surface area contributed by atoms with Gasteiger partial charge < -0.3 is 0 Å². The number of hydrogen-bond donors (Lipinski definition) is 0. The topological polar surface area (TPSA) is 0 Å². The lowest BCUT2D eigenvalue weighted by atomic mass is 9.88. The second kappa shape index (κ2) is 4.30. The smallest absolute Gasteiger partial charge is 0.0355 e. The molecule has 0 aromatic carbocycles. The van der Waals surface area contributed by atoms with E-state index in [1.807, 2.05) is 0 Å². The van der Waals surface area contributed by atoms with E-state index in [9.17, 15) is 0 Å². The Kier molecular flexibility index (Phi) is 3.61. The van der Waals surface area contributed by atoms with Gasteiger partial charge in [0.2, 0.25) is 0 Å². The van der Waals surface area contributed by atoms with E-state index in [0.29, 0.717) is 0 Å². The van der Waals surface area contributed by atoms with E-state index in [4.69, 9.17) is 0 Å². The molecule has 0 amide bonds. The molecule has 0 aromatic rings. The zero-order chi connectivity index (χ0) is 9.14. The summed E-state index contributed by atoms with van der Waals surface area (Å²) in [5, 5.41) is 0. The Morgan fingerprint density at radius 3 is 2.42 bits per heavy atom. The minimum atomic E-state index is 0.942. The predicted octanol–water partition coefficient (Wildman–Crippen LogP) is 4.10. The molecule has 0 saturated heterocycles. The van der Waals surface area contributed by atoms with Gasteiger partial charge >= 0.3 is 0 Å². The molecular formula is C12H24. The van der Waals surface area contributed by atoms with E-state index in [2.05, 4.69) is 27.7 Å². The monoisotopic (exact) mass is 168 g/mol. The quantitative estimate of drug-likeness (QED) is 0.579. The molecule has 1 rings (SSSR count). The van der Waals surface area contributed by atoms with Crippen molar-refractivity contribution in [2.75, 3.05) is 0 Å². The highest BCUT2D eigenvalue weighted by atomic mass is 14.5. The van der Waals surface area contributed by atoms with Crippen LogP contribution in [0.25, 0.3) is 0 Å². The molecule has 0 aromatic heterocycles. The van der Waals surface area contributed by atoms with Crippen molar-refractivity contribution in [1.29, 1.82) is 0 Å². The molecule has 1 saturated carbocycles. The lowest BCUT2D eigenvalue weighted by Crippen LogP contribution is -2.10. The largest absolute Gasteiger partial charge is 0.0654 e. The fourth-order valence-electron chi connectivity index (χ4n) is 2.41. The summed E-state index contributed by atoms with van der Waals surface area (Å²) in [5.41, 5.74) is 0. The van der Waals surface area contributed by atoms with Crippen LogP contribution in [0.1, 0.15) is 53.4 Å². The fraction of sp³-hybridized carbons (Fsp3) is 1.00. The number of rotatable bonds is 5. The van der Waals surface area contributed by atoms with E-state index in [1.54, 1.807) is 0 Å². The van der Waals surface area contributed by atoms with Crippen LogP contribution in [0.4, 0.5) is 0 Å². The van der Waals surface area contributed by atoms with Gasteiger partial charge in [0, 0.05) is 0 Å². The molecule has 0 bridgehead atoms. The van der Waals surface area contributed by atoms with Crippen LogP contribution < -0.4 is 0 Å². The van der Waals surface area contributed by atoms with Crippen LogP contribution in [0.5, 0.6) is 0 Å². The summed E-state index contributed by atoms with van der Waals surface area (Å²) < 4.78 is 0. The lowest BCUT2D eigenvalue weighted by molar-refractivity contribution is 0.320. The maximum absolute atomic E-state index is 2.45. The molecule has 0 heterocycles. The molecule has 0 spiro atoms. The highest BCUT2D eigenvalue weighted by Crippen LogP contribution is 2.49. The number of hydrogen-bond acceptors (Lipinski definition) is 0. The molecule has 0 N–H and O–H groups in total. The Hall–Kier alpha value is 0. The molecule has 0 nitrogen and oxygen atoms in total. The van der Waals surface area contributed by atoms with Crippen LogP contribution in [0.15, 0.2) is 0 Å². The Balaban J connectivity index is 2.23. The SMILES string of the molecule is CCCC1CC1C(C)C(C)CC. The van der Waals surface area contributed by atoms with Gasteiger partial charge in [-0.2, -0.15) is 0 Å². The van der Waals surface area contributed by atoms with Crippen LogP contribution >= 0.6 is 0 Å². The maximum Gasteiger partial charge on any atom is -0.0355 e. The van der Waals surface area contributed by atoms with Crippen LogP contribution in [0, 0.1) is 23.7 Å². The Morgan fingerprint density at radius 1 is 1.25 bits per heavy atom. The van der Waals surface area contributed by atoms with Crippen molar-refractivity contribution in [2.45, 2.75) is 53.4 Å². The van der Waals surface area contributed by atoms with Crippen LogP contribution in [-0.2, 0) is 0 Å². The molecule has 1 aliphatic carbocycles. The van der Waals surface area contributed by atoms with Gasteiger partial charge in [0.25, 0.3) is 0 Å². The van der Waals surface area contributed by atoms with Gasteiger partial charge in [0.15, 0.2) is 0 Å². The molecule has 0 heteroatoms. The normalized spacial score (nSPS) is 33.0. The molecule has 0 aliphatic heterocycles. The van der Waals surface area contributed by atoms with Crippen LogP contribution in [0.3, 0.4) is 0 Å². The molecule has 1 fully saturated rings. The summed E-state index contributed by atoms with van der Waals surface area (Å²) in [5.74, 6) is 4.10. The van der Waals surface area contributed by atoms with Crippen molar-refractivity contribution in [3.8, 4) is 0 Å². The Labute approximate surface area is 77.7 Å². The van der Waals surface area contributed by atoms with Crippen molar-refractivity contribution in [3.05, 3.63) is 0 Å². The zero-order valence-corrected chi connectivity index (χ0v) is 9.14. The molecule has 1 aliphatic rings. The van der Waals surface area contributed by atoms with Crippen molar-refractivity contribution < 1.29 is 0 Å². The first-order valence-electron chi connectivity index (χ1n) is 5.70. The molecule has 0 radical (unpaired) electrons. The summed E-state index contributed by atoms with van der Waals surface area (Å²) in [7, 11) is 0. The van der Waals surface area contributed by atoms with Crippen LogP contribution in [0.2, 0.25) is 0 Å². The van der Waals surface area contributed by atoms with E-state index >= 15 is 0 Å². The van der Waals surface area contributed by atoms with Crippen LogP contribution in [-0.4, -0.2) is 0 Å². The molecule has 4 unspecified atom stereocenters. The van der Waals surface area contributed by atoms with Gasteiger partial charge in [0.05, 0.1) is 0 Å². The van der Waals surface area contributed by atoms with E-state index in [1.165, 1.54) is 25.7 Å². The maximum atomic E-state index is 2.45. The summed E-state index contributed by atoms with van der Waals surface area (Å²) in [6.07, 6.45) is 5.75. The second-order valence-electron chi connectivity index (χ2n) is 4.69. The van der Waals surface area contributed by atoms with Gasteiger partial charge in [0.1, 0.15) is 0 Å². The van der Waals surface area contributed by atoms with E-state index < -0.39 is 0 Å². The van der Waals surface area contributed by atoms with Crippen molar-refractivity contribution >= 4 is 0 Å². The zero-order valence-electron chi connectivity index (χ0n) is 9.14. The Bertz CT molecular complexity index is 128. The minimum Gasteiger partial charge on any atom is -0.0654 e. The third-order valence-corrected chi connectivity index (χ3v) is 3.85. The summed E-state index contributed by atoms with van der Waals surface area (Å²) in [6, 6.07) is 0. The summed E-state index contributed by atoms with van der Waals surface area (Å²) in [4.78, 5) is 0. The van der Waals surface area contributed by atoms with Gasteiger partial charge in [-0.15, -0.1) is 0 Å². The van der Waals surface area contributed by atoms with Gasteiger partial charge in [-0.3, -0.25) is 0 Å². The summed E-state index contributed by atoms with van der Waals surface area (Å²) >= 11 is 0. The summed E-state index contributed by atoms with van der Waals surface area (Å²) in [6.45, 7) is 9.49. The fourth-order valence-corrected chi connectivity index (χ4v) is 2.41. The first-order valence-corrected chi connectivity index (χ1v) is 5.70. The average Bonchev–Trinajstić information content (AvgIpc) is 2.82.